The molecular formula is C20H20F2IN7OS. The number of amides is 1. The van der Waals surface area contributed by atoms with Crippen LogP contribution in [0.1, 0.15) is 25.0 Å². The van der Waals surface area contributed by atoms with E-state index in [0.717, 1.165) is 22.7 Å². The maximum absolute atomic E-state index is 14.3. The van der Waals surface area contributed by atoms with E-state index in [0.29, 0.717) is 28.5 Å². The highest BCUT2D eigenvalue weighted by molar-refractivity contribution is 14.1. The van der Waals surface area contributed by atoms with Crippen LogP contribution < -0.4 is 22.3 Å². The number of anilines is 2. The van der Waals surface area contributed by atoms with Crippen molar-refractivity contribution < 1.29 is 13.6 Å². The zero-order valence-corrected chi connectivity index (χ0v) is 20.2. The second-order valence-corrected chi connectivity index (χ2v) is 10.0. The molecule has 8 nitrogen and oxygen atoms in total. The van der Waals surface area contributed by atoms with Gasteiger partial charge in [0.2, 0.25) is 0 Å². The third-order valence-electron chi connectivity index (χ3n) is 5.47. The second kappa shape index (κ2) is 8.23. The predicted octanol–water partition coefficient (Wildman–Crippen LogP) is 2.71. The Morgan fingerprint density at radius 2 is 1.97 bits per heavy atom. The van der Waals surface area contributed by atoms with E-state index in [-0.39, 0.29) is 39.0 Å². The van der Waals surface area contributed by atoms with Gasteiger partial charge in [-0.1, -0.05) is 0 Å². The van der Waals surface area contributed by atoms with Gasteiger partial charge in [-0.2, -0.15) is 21.7 Å². The fourth-order valence-corrected chi connectivity index (χ4v) is 5.45. The van der Waals surface area contributed by atoms with Gasteiger partial charge < -0.3 is 11.5 Å². The Labute approximate surface area is 200 Å². The molecule has 1 amide bonds. The quantitative estimate of drug-likeness (QED) is 0.223. The van der Waals surface area contributed by atoms with E-state index in [4.69, 9.17) is 17.3 Å². The molecule has 0 bridgehead atoms. The van der Waals surface area contributed by atoms with E-state index in [9.17, 15) is 13.6 Å². The summed E-state index contributed by atoms with van der Waals surface area (Å²) >= 11 is 3.35. The average molecular weight is 571 g/mol. The van der Waals surface area contributed by atoms with Gasteiger partial charge in [-0.15, -0.1) is 0 Å². The summed E-state index contributed by atoms with van der Waals surface area (Å²) in [5.41, 5.74) is 13.9. The summed E-state index contributed by atoms with van der Waals surface area (Å²) in [5, 5.41) is 0.959. The molecule has 0 saturated carbocycles. The number of fused-ring (bicyclic) bond motifs is 1. The zero-order valence-electron chi connectivity index (χ0n) is 17.2. The molecule has 0 radical (unpaired) electrons. The van der Waals surface area contributed by atoms with Crippen molar-refractivity contribution in [3.05, 3.63) is 49.7 Å². The number of carbonyl (C=O) groups excluding carboxylic acids is 1. The van der Waals surface area contributed by atoms with Crippen molar-refractivity contribution >= 4 is 63.6 Å². The van der Waals surface area contributed by atoms with Crippen LogP contribution in [0, 0.1) is 15.2 Å². The van der Waals surface area contributed by atoms with Crippen molar-refractivity contribution in [2.75, 3.05) is 22.2 Å². The van der Waals surface area contributed by atoms with Gasteiger partial charge in [-0.05, 0) is 48.6 Å². The number of hydrogen-bond donors (Lipinski definition) is 3. The highest BCUT2D eigenvalue weighted by atomic mass is 127. The summed E-state index contributed by atoms with van der Waals surface area (Å²) in [6.07, 6.45) is 0.0449. The Hall–Kier alpha value is -2.32. The fraction of sp³-hybridized carbons (Fsp3) is 0.300. The number of nitrogens with zero attached hydrogens (tertiary/aromatic N) is 4. The number of hydrazine groups is 1. The number of benzene rings is 1. The number of aliphatic imine (C=N–C) groups is 1. The number of hydrogen-bond acceptors (Lipinski definition) is 8. The minimum atomic E-state index is -0.940. The van der Waals surface area contributed by atoms with E-state index in [1.54, 1.807) is 48.2 Å². The largest absolute Gasteiger partial charge is 0.401 e. The van der Waals surface area contributed by atoms with Crippen LogP contribution in [0.15, 0.2) is 28.4 Å². The van der Waals surface area contributed by atoms with Gasteiger partial charge in [0.05, 0.1) is 20.3 Å². The number of nitrogen functional groups attached to an aromatic ring is 1. The van der Waals surface area contributed by atoms with Crippen LogP contribution in [-0.4, -0.2) is 33.1 Å². The second-order valence-electron chi connectivity index (χ2n) is 7.96. The molecule has 0 unspecified atom stereocenters. The summed E-state index contributed by atoms with van der Waals surface area (Å²) < 4.78 is 28.3. The number of rotatable bonds is 3. The Morgan fingerprint density at radius 3 is 2.69 bits per heavy atom. The van der Waals surface area contributed by atoms with Crippen LogP contribution in [-0.2, 0) is 16.6 Å². The standard InChI is InChI=1S/C20H20F2IN7OS/c1-20(2)14-16(25)28-19(29-17(14)30(26)18(20)31)27-13-7-32-6-9(13)12(24)5-8-10(21)3-4-11(22)15(8)23/h3-4H,5-7,24,26H2,1-2H3,(H2,25,28,29). The molecule has 32 heavy (non-hydrogen) atoms. The van der Waals surface area contributed by atoms with E-state index in [2.05, 4.69) is 15.0 Å². The summed E-state index contributed by atoms with van der Waals surface area (Å²) in [6.45, 7) is 3.41. The first-order valence-electron chi connectivity index (χ1n) is 9.55. The van der Waals surface area contributed by atoms with Crippen LogP contribution >= 0.6 is 34.4 Å². The van der Waals surface area contributed by atoms with Crippen LogP contribution in [0.5, 0.6) is 0 Å². The lowest BCUT2D eigenvalue weighted by atomic mass is 9.87. The van der Waals surface area contributed by atoms with E-state index < -0.39 is 17.0 Å². The topological polar surface area (TPSA) is 137 Å². The number of aromatic nitrogens is 2. The van der Waals surface area contributed by atoms with Gasteiger partial charge >= 0.3 is 0 Å². The van der Waals surface area contributed by atoms with Crippen molar-refractivity contribution in [3.8, 4) is 0 Å². The SMILES string of the molecule is CC1(C)C(=O)N(N)c2nc(N=C3CSCC3=C(N)Cc3c(F)ccc(F)c3I)nc(N)c21. The Bertz CT molecular complexity index is 1210. The molecule has 6 N–H and O–H groups in total. The molecule has 4 rings (SSSR count). The fourth-order valence-electron chi connectivity index (χ4n) is 3.73. The maximum atomic E-state index is 14.3. The zero-order chi connectivity index (χ0) is 23.4. The molecule has 168 valence electrons. The van der Waals surface area contributed by atoms with Gasteiger partial charge in [-0.25, -0.2) is 24.6 Å². The molecule has 0 atom stereocenters. The van der Waals surface area contributed by atoms with E-state index in [1.807, 2.05) is 0 Å². The number of carbonyl (C=O) groups is 1. The lowest BCUT2D eigenvalue weighted by Crippen LogP contribution is -2.41. The normalized spacial score (nSPS) is 20.2. The Morgan fingerprint density at radius 1 is 1.28 bits per heavy atom. The summed E-state index contributed by atoms with van der Waals surface area (Å²) in [5.74, 6) is 6.04. The minimum Gasteiger partial charge on any atom is -0.401 e. The first kappa shape index (κ1) is 22.9. The third kappa shape index (κ3) is 3.73. The number of nitrogens with two attached hydrogens (primary N) is 3. The number of allylic oxidation sites excluding steroid dienone is 1. The Kier molecular flexibility index (Phi) is 5.88. The molecule has 12 heteroatoms. The molecule has 2 aromatic rings. The number of thioether (sulfide) groups is 1. The summed E-state index contributed by atoms with van der Waals surface area (Å²) in [4.78, 5) is 25.5. The van der Waals surface area contributed by atoms with Crippen molar-refractivity contribution in [2.45, 2.75) is 25.7 Å². The maximum Gasteiger partial charge on any atom is 0.253 e. The molecule has 1 saturated heterocycles. The van der Waals surface area contributed by atoms with E-state index >= 15 is 0 Å². The van der Waals surface area contributed by atoms with Crippen molar-refractivity contribution in [2.24, 2.45) is 16.6 Å². The smallest absolute Gasteiger partial charge is 0.253 e. The minimum absolute atomic E-state index is 0.0449. The van der Waals surface area contributed by atoms with E-state index in [1.165, 1.54) is 0 Å². The van der Waals surface area contributed by atoms with Crippen LogP contribution in [0.25, 0.3) is 0 Å². The molecule has 1 fully saturated rings. The van der Waals surface area contributed by atoms with Gasteiger partial charge in [0.1, 0.15) is 17.5 Å². The highest BCUT2D eigenvalue weighted by Crippen LogP contribution is 2.42. The average Bonchev–Trinajstić information content (AvgIpc) is 3.26. The molecule has 1 aromatic heterocycles. The molecule has 2 aliphatic rings. The molecule has 0 spiro atoms. The highest BCUT2D eigenvalue weighted by Gasteiger charge is 2.46. The third-order valence-corrected chi connectivity index (χ3v) is 7.61. The molecule has 2 aliphatic heterocycles. The lowest BCUT2D eigenvalue weighted by molar-refractivity contribution is -0.122. The summed E-state index contributed by atoms with van der Waals surface area (Å²) in [6, 6.07) is 2.18. The monoisotopic (exact) mass is 571 g/mol. The molecule has 1 aromatic carbocycles. The van der Waals surface area contributed by atoms with Gasteiger partial charge in [0.15, 0.2) is 5.82 Å². The van der Waals surface area contributed by atoms with Crippen LogP contribution in [0.2, 0.25) is 0 Å². The van der Waals surface area contributed by atoms with Crippen molar-refractivity contribution in [1.29, 1.82) is 0 Å². The van der Waals surface area contributed by atoms with Gasteiger partial charge in [-0.3, -0.25) is 4.79 Å². The summed E-state index contributed by atoms with van der Waals surface area (Å²) in [7, 11) is 0. The van der Waals surface area contributed by atoms with Gasteiger partial charge in [0, 0.05) is 34.8 Å². The van der Waals surface area contributed by atoms with Gasteiger partial charge in [0.25, 0.3) is 11.9 Å². The predicted molar refractivity (Wildman–Crippen MR) is 130 cm³/mol. The first-order chi connectivity index (χ1) is 15.0. The number of halogens is 3. The van der Waals surface area contributed by atoms with Crippen molar-refractivity contribution in [1.82, 2.24) is 9.97 Å². The molecule has 3 heterocycles. The molecular weight excluding hydrogens is 551 g/mol. The van der Waals surface area contributed by atoms with Crippen LogP contribution in [0.4, 0.5) is 26.4 Å². The first-order valence-corrected chi connectivity index (χ1v) is 11.8. The van der Waals surface area contributed by atoms with Crippen molar-refractivity contribution in [3.63, 3.8) is 0 Å². The van der Waals surface area contributed by atoms with Crippen LogP contribution in [0.3, 0.4) is 0 Å². The Balaban J connectivity index is 1.72. The lowest BCUT2D eigenvalue weighted by Gasteiger charge is -2.16. The molecule has 0 aliphatic carbocycles.